The number of sulfonamides is 1. The van der Waals surface area contributed by atoms with Crippen LogP contribution in [0.2, 0.25) is 5.02 Å². The van der Waals surface area contributed by atoms with Gasteiger partial charge in [0.25, 0.3) is 0 Å². The van der Waals surface area contributed by atoms with E-state index in [2.05, 4.69) is 4.72 Å². The molecule has 0 aliphatic heterocycles. The van der Waals surface area contributed by atoms with Gasteiger partial charge in [0.2, 0.25) is 10.0 Å². The SMILES string of the molecule is CCC[C@H](c1ccccc1)[C@@H](CO)NS(=O)(=O)c1ccc(Cl)cc1. The lowest BCUT2D eigenvalue weighted by Crippen LogP contribution is -2.41. The summed E-state index contributed by atoms with van der Waals surface area (Å²) in [6, 6.07) is 15.0. The average Bonchev–Trinajstić information content (AvgIpc) is 2.59. The summed E-state index contributed by atoms with van der Waals surface area (Å²) in [5, 5.41) is 10.3. The van der Waals surface area contributed by atoms with Crippen molar-refractivity contribution < 1.29 is 13.5 Å². The highest BCUT2D eigenvalue weighted by Gasteiger charge is 2.27. The predicted octanol–water partition coefficient (Wildman–Crippen LogP) is 3.56. The van der Waals surface area contributed by atoms with E-state index < -0.39 is 16.1 Å². The Kier molecular flexibility index (Phi) is 6.80. The number of halogens is 1. The lowest BCUT2D eigenvalue weighted by atomic mass is 9.88. The fourth-order valence-electron chi connectivity index (χ4n) is 2.74. The number of aliphatic hydroxyl groups is 1. The third-order valence-corrected chi connectivity index (χ3v) is 5.70. The van der Waals surface area contributed by atoms with Crippen molar-refractivity contribution in [2.75, 3.05) is 6.61 Å². The van der Waals surface area contributed by atoms with Gasteiger partial charge in [-0.3, -0.25) is 0 Å². The van der Waals surface area contributed by atoms with Gasteiger partial charge in [0.15, 0.2) is 0 Å². The van der Waals surface area contributed by atoms with E-state index >= 15 is 0 Å². The van der Waals surface area contributed by atoms with Gasteiger partial charge >= 0.3 is 0 Å². The fourth-order valence-corrected chi connectivity index (χ4v) is 4.13. The molecule has 2 aromatic rings. The third-order valence-electron chi connectivity index (χ3n) is 3.94. The number of rotatable bonds is 8. The maximum absolute atomic E-state index is 12.6. The van der Waals surface area contributed by atoms with E-state index in [9.17, 15) is 13.5 Å². The lowest BCUT2D eigenvalue weighted by molar-refractivity contribution is 0.234. The van der Waals surface area contributed by atoms with Gasteiger partial charge in [-0.05, 0) is 36.2 Å². The molecule has 2 N–H and O–H groups in total. The molecule has 0 fully saturated rings. The zero-order chi connectivity index (χ0) is 17.6. The van der Waals surface area contributed by atoms with E-state index in [1.807, 2.05) is 37.3 Å². The molecular formula is C18H22ClNO3S. The quantitative estimate of drug-likeness (QED) is 0.749. The Labute approximate surface area is 148 Å². The topological polar surface area (TPSA) is 66.4 Å². The highest BCUT2D eigenvalue weighted by molar-refractivity contribution is 7.89. The molecular weight excluding hydrogens is 346 g/mol. The first-order valence-electron chi connectivity index (χ1n) is 7.91. The summed E-state index contributed by atoms with van der Waals surface area (Å²) in [5.74, 6) is -0.0942. The molecule has 0 aliphatic carbocycles. The molecule has 2 atom stereocenters. The number of hydrogen-bond donors (Lipinski definition) is 2. The highest BCUT2D eigenvalue weighted by atomic mass is 35.5. The van der Waals surface area contributed by atoms with Gasteiger partial charge in [-0.15, -0.1) is 0 Å². The van der Waals surface area contributed by atoms with E-state index in [4.69, 9.17) is 11.6 Å². The Morgan fingerprint density at radius 1 is 1.08 bits per heavy atom. The molecule has 0 amide bonds. The standard InChI is InChI=1S/C18H22ClNO3S/c1-2-6-17(14-7-4-3-5-8-14)18(13-21)20-24(22,23)16-11-9-15(19)10-12-16/h3-5,7-12,17-18,20-21H,2,6,13H2,1H3/t17-,18-/m1/s1. The molecule has 4 nitrogen and oxygen atoms in total. The van der Waals surface area contributed by atoms with Crippen LogP contribution in [-0.4, -0.2) is 26.2 Å². The van der Waals surface area contributed by atoms with Crippen molar-refractivity contribution in [1.29, 1.82) is 0 Å². The molecule has 6 heteroatoms. The summed E-state index contributed by atoms with van der Waals surface area (Å²) < 4.78 is 27.8. The molecule has 0 saturated heterocycles. The predicted molar refractivity (Wildman–Crippen MR) is 96.7 cm³/mol. The Hall–Kier alpha value is -1.40. The van der Waals surface area contributed by atoms with Crippen molar-refractivity contribution in [2.24, 2.45) is 0 Å². The Bertz CT molecular complexity index is 733. The lowest BCUT2D eigenvalue weighted by Gasteiger charge is -2.26. The minimum absolute atomic E-state index is 0.0942. The Morgan fingerprint density at radius 3 is 2.25 bits per heavy atom. The van der Waals surface area contributed by atoms with E-state index in [0.29, 0.717) is 5.02 Å². The summed E-state index contributed by atoms with van der Waals surface area (Å²) in [5.41, 5.74) is 1.01. The van der Waals surface area contributed by atoms with Gasteiger partial charge in [-0.2, -0.15) is 0 Å². The third kappa shape index (κ3) is 4.80. The molecule has 0 aliphatic rings. The van der Waals surface area contributed by atoms with Gasteiger partial charge in [-0.1, -0.05) is 55.3 Å². The van der Waals surface area contributed by atoms with Crippen LogP contribution < -0.4 is 4.72 Å². The van der Waals surface area contributed by atoms with Gasteiger partial charge in [0.1, 0.15) is 0 Å². The number of aliphatic hydroxyl groups excluding tert-OH is 1. The van der Waals surface area contributed by atoms with Gasteiger partial charge < -0.3 is 5.11 Å². The number of nitrogens with one attached hydrogen (secondary N) is 1. The van der Waals surface area contributed by atoms with Crippen LogP contribution in [0.25, 0.3) is 0 Å². The molecule has 24 heavy (non-hydrogen) atoms. The monoisotopic (exact) mass is 367 g/mol. The summed E-state index contributed by atoms with van der Waals surface area (Å²) in [4.78, 5) is 0.133. The minimum atomic E-state index is -3.73. The smallest absolute Gasteiger partial charge is 0.240 e. The van der Waals surface area contributed by atoms with Crippen molar-refractivity contribution in [3.63, 3.8) is 0 Å². The number of benzene rings is 2. The van der Waals surface area contributed by atoms with Crippen LogP contribution in [-0.2, 0) is 10.0 Å². The molecule has 2 aromatic carbocycles. The molecule has 0 radical (unpaired) electrons. The summed E-state index contributed by atoms with van der Waals surface area (Å²) >= 11 is 5.81. The Morgan fingerprint density at radius 2 is 1.71 bits per heavy atom. The van der Waals surface area contributed by atoms with E-state index in [-0.39, 0.29) is 17.4 Å². The molecule has 0 spiro atoms. The van der Waals surface area contributed by atoms with E-state index in [0.717, 1.165) is 18.4 Å². The second kappa shape index (κ2) is 8.62. The fraction of sp³-hybridized carbons (Fsp3) is 0.333. The maximum atomic E-state index is 12.6. The van der Waals surface area contributed by atoms with Crippen LogP contribution >= 0.6 is 11.6 Å². The highest BCUT2D eigenvalue weighted by Crippen LogP contribution is 2.26. The Balaban J connectivity index is 2.27. The normalized spacial score (nSPS) is 14.3. The van der Waals surface area contributed by atoms with Crippen molar-refractivity contribution in [2.45, 2.75) is 36.6 Å². The molecule has 0 saturated carbocycles. The van der Waals surface area contributed by atoms with Gasteiger partial charge in [-0.25, -0.2) is 13.1 Å². The molecule has 0 heterocycles. The van der Waals surface area contributed by atoms with Gasteiger partial charge in [0.05, 0.1) is 17.5 Å². The van der Waals surface area contributed by atoms with E-state index in [1.54, 1.807) is 0 Å². The maximum Gasteiger partial charge on any atom is 0.240 e. The van der Waals surface area contributed by atoms with Crippen LogP contribution in [0.15, 0.2) is 59.5 Å². The molecule has 0 unspecified atom stereocenters. The number of hydrogen-bond acceptors (Lipinski definition) is 3. The van der Waals surface area contributed by atoms with Crippen molar-refractivity contribution in [3.05, 3.63) is 65.2 Å². The minimum Gasteiger partial charge on any atom is -0.395 e. The van der Waals surface area contributed by atoms with Crippen LogP contribution in [0.1, 0.15) is 31.2 Å². The summed E-state index contributed by atoms with van der Waals surface area (Å²) in [6.45, 7) is 1.77. The zero-order valence-electron chi connectivity index (χ0n) is 13.5. The van der Waals surface area contributed by atoms with Crippen molar-refractivity contribution in [3.8, 4) is 0 Å². The van der Waals surface area contributed by atoms with Gasteiger partial charge in [0, 0.05) is 10.9 Å². The molecule has 0 bridgehead atoms. The van der Waals surface area contributed by atoms with Crippen LogP contribution in [0, 0.1) is 0 Å². The second-order valence-corrected chi connectivity index (χ2v) is 7.82. The molecule has 130 valence electrons. The summed E-state index contributed by atoms with van der Waals surface area (Å²) in [6.07, 6.45) is 1.66. The average molecular weight is 368 g/mol. The van der Waals surface area contributed by atoms with Crippen molar-refractivity contribution >= 4 is 21.6 Å². The molecule has 0 aromatic heterocycles. The summed E-state index contributed by atoms with van der Waals surface area (Å²) in [7, 11) is -3.73. The van der Waals surface area contributed by atoms with E-state index in [1.165, 1.54) is 24.3 Å². The second-order valence-electron chi connectivity index (χ2n) is 5.67. The van der Waals surface area contributed by atoms with Crippen LogP contribution in [0.3, 0.4) is 0 Å². The van der Waals surface area contributed by atoms with Crippen molar-refractivity contribution in [1.82, 2.24) is 4.72 Å². The van der Waals surface area contributed by atoms with Crippen LogP contribution in [0.4, 0.5) is 0 Å². The first kappa shape index (κ1) is 18.9. The first-order valence-corrected chi connectivity index (χ1v) is 9.77. The van der Waals surface area contributed by atoms with Crippen LogP contribution in [0.5, 0.6) is 0 Å². The first-order chi connectivity index (χ1) is 11.5. The largest absolute Gasteiger partial charge is 0.395 e. The molecule has 2 rings (SSSR count). The zero-order valence-corrected chi connectivity index (χ0v) is 15.1.